The molecule has 0 unspecified atom stereocenters. The number of amides is 1. The van der Waals surface area contributed by atoms with E-state index in [-0.39, 0.29) is 21.4 Å². The number of nitrogen functional groups attached to an aromatic ring is 1. The van der Waals surface area contributed by atoms with Crippen LogP contribution in [0.25, 0.3) is 0 Å². The summed E-state index contributed by atoms with van der Waals surface area (Å²) in [6, 6.07) is 2.32. The second kappa shape index (κ2) is 6.59. The van der Waals surface area contributed by atoms with Gasteiger partial charge in [0.1, 0.15) is 16.5 Å². The van der Waals surface area contributed by atoms with Gasteiger partial charge in [-0.2, -0.15) is 0 Å². The smallest absolute Gasteiger partial charge is 0.269 e. The second-order valence-electron chi connectivity index (χ2n) is 3.96. The molecule has 0 saturated heterocycles. The van der Waals surface area contributed by atoms with Crippen LogP contribution in [0.1, 0.15) is 16.6 Å². The van der Waals surface area contributed by atoms with E-state index in [0.717, 1.165) is 17.4 Å². The first-order valence-electron chi connectivity index (χ1n) is 5.88. The van der Waals surface area contributed by atoms with Crippen LogP contribution < -0.4 is 16.4 Å². The van der Waals surface area contributed by atoms with E-state index in [9.17, 15) is 9.18 Å². The number of anilines is 3. The zero-order valence-electron chi connectivity index (χ0n) is 10.8. The van der Waals surface area contributed by atoms with Crippen LogP contribution in [0.15, 0.2) is 16.6 Å². The largest absolute Gasteiger partial charge is 0.382 e. The molecule has 21 heavy (non-hydrogen) atoms. The Kier molecular flexibility index (Phi) is 5.02. The molecule has 1 aromatic carbocycles. The lowest BCUT2D eigenvalue weighted by molar-refractivity contribution is 0.103. The lowest BCUT2D eigenvalue weighted by Gasteiger charge is -2.08. The van der Waals surface area contributed by atoms with Crippen molar-refractivity contribution in [2.24, 2.45) is 0 Å². The van der Waals surface area contributed by atoms with E-state index in [1.807, 2.05) is 6.92 Å². The van der Waals surface area contributed by atoms with Crippen LogP contribution in [0, 0.1) is 5.82 Å². The molecule has 0 aliphatic carbocycles. The molecule has 9 heteroatoms. The molecule has 5 nitrogen and oxygen atoms in total. The van der Waals surface area contributed by atoms with E-state index >= 15 is 0 Å². The van der Waals surface area contributed by atoms with Crippen LogP contribution >= 0.6 is 38.9 Å². The number of thiazole rings is 1. The van der Waals surface area contributed by atoms with Gasteiger partial charge in [0.2, 0.25) is 0 Å². The number of carbonyl (C=O) groups excluding carboxylic acids is 1. The van der Waals surface area contributed by atoms with Gasteiger partial charge in [-0.3, -0.25) is 4.79 Å². The molecule has 2 aromatic rings. The van der Waals surface area contributed by atoms with Gasteiger partial charge in [-0.05, 0) is 35.0 Å². The molecule has 2 rings (SSSR count). The van der Waals surface area contributed by atoms with Gasteiger partial charge < -0.3 is 16.4 Å². The maximum absolute atomic E-state index is 13.2. The highest BCUT2D eigenvalue weighted by Crippen LogP contribution is 2.33. The van der Waals surface area contributed by atoms with Crippen molar-refractivity contribution in [1.82, 2.24) is 4.98 Å². The maximum atomic E-state index is 13.2. The van der Waals surface area contributed by atoms with Crippen LogP contribution in [-0.2, 0) is 0 Å². The van der Waals surface area contributed by atoms with E-state index < -0.39 is 11.7 Å². The fraction of sp³-hybridized carbons (Fsp3) is 0.167. The lowest BCUT2D eigenvalue weighted by Crippen LogP contribution is -2.13. The molecule has 0 aliphatic rings. The van der Waals surface area contributed by atoms with Crippen LogP contribution in [0.2, 0.25) is 5.02 Å². The normalized spacial score (nSPS) is 10.5. The summed E-state index contributed by atoms with van der Waals surface area (Å²) >= 11 is 10.2. The first-order chi connectivity index (χ1) is 9.92. The van der Waals surface area contributed by atoms with E-state index in [4.69, 9.17) is 17.3 Å². The number of hydrogen-bond donors (Lipinski definition) is 3. The van der Waals surface area contributed by atoms with Crippen molar-refractivity contribution < 1.29 is 9.18 Å². The van der Waals surface area contributed by atoms with Gasteiger partial charge in [-0.1, -0.05) is 22.9 Å². The summed E-state index contributed by atoms with van der Waals surface area (Å²) < 4.78 is 13.5. The molecule has 0 bridgehead atoms. The minimum absolute atomic E-state index is 0.0882. The third-order valence-corrected chi connectivity index (χ3v) is 4.38. The summed E-state index contributed by atoms with van der Waals surface area (Å²) in [6.07, 6.45) is 0. The van der Waals surface area contributed by atoms with E-state index in [1.165, 1.54) is 6.07 Å². The Balaban J connectivity index is 2.26. The monoisotopic (exact) mass is 392 g/mol. The van der Waals surface area contributed by atoms with Crippen molar-refractivity contribution in [3.8, 4) is 0 Å². The van der Waals surface area contributed by atoms with Crippen molar-refractivity contribution in [2.75, 3.05) is 22.9 Å². The summed E-state index contributed by atoms with van der Waals surface area (Å²) in [5.41, 5.74) is 6.00. The predicted molar refractivity (Wildman–Crippen MR) is 87.8 cm³/mol. The molecule has 0 fully saturated rings. The summed E-state index contributed by atoms with van der Waals surface area (Å²) in [6.45, 7) is 2.58. The number of benzene rings is 1. The van der Waals surface area contributed by atoms with E-state index in [0.29, 0.717) is 16.1 Å². The van der Waals surface area contributed by atoms with Crippen molar-refractivity contribution in [3.05, 3.63) is 32.3 Å². The summed E-state index contributed by atoms with van der Waals surface area (Å²) in [5.74, 6) is -0.831. The average molecular weight is 394 g/mol. The van der Waals surface area contributed by atoms with Gasteiger partial charge >= 0.3 is 0 Å². The Morgan fingerprint density at radius 1 is 1.57 bits per heavy atom. The van der Waals surface area contributed by atoms with Crippen LogP contribution in [0.5, 0.6) is 0 Å². The highest BCUT2D eigenvalue weighted by molar-refractivity contribution is 9.10. The Morgan fingerprint density at radius 2 is 2.29 bits per heavy atom. The number of nitrogens with one attached hydrogen (secondary N) is 2. The van der Waals surface area contributed by atoms with E-state index in [1.54, 1.807) is 0 Å². The van der Waals surface area contributed by atoms with Crippen molar-refractivity contribution in [3.63, 3.8) is 0 Å². The summed E-state index contributed by atoms with van der Waals surface area (Å²) in [4.78, 5) is 16.5. The minimum atomic E-state index is -0.503. The van der Waals surface area contributed by atoms with Gasteiger partial charge in [0.15, 0.2) is 5.13 Å². The first-order valence-corrected chi connectivity index (χ1v) is 7.87. The zero-order valence-corrected chi connectivity index (χ0v) is 14.0. The molecule has 0 spiro atoms. The quantitative estimate of drug-likeness (QED) is 0.734. The highest BCUT2D eigenvalue weighted by atomic mass is 79.9. The SMILES string of the molecule is CCNc1nc(N)c(C(=O)Nc2c(Cl)cc(F)cc2Br)s1. The van der Waals surface area contributed by atoms with Crippen LogP contribution in [0.4, 0.5) is 21.0 Å². The first kappa shape index (κ1) is 16.0. The number of rotatable bonds is 4. The number of carbonyl (C=O) groups is 1. The van der Waals surface area contributed by atoms with Crippen molar-refractivity contribution in [2.45, 2.75) is 6.92 Å². The van der Waals surface area contributed by atoms with Gasteiger partial charge in [0, 0.05) is 11.0 Å². The molecule has 4 N–H and O–H groups in total. The Labute approximate surface area is 137 Å². The van der Waals surface area contributed by atoms with Crippen LogP contribution in [0.3, 0.4) is 0 Å². The van der Waals surface area contributed by atoms with Gasteiger partial charge in [-0.15, -0.1) is 0 Å². The van der Waals surface area contributed by atoms with Gasteiger partial charge in [-0.25, -0.2) is 9.37 Å². The van der Waals surface area contributed by atoms with Crippen molar-refractivity contribution in [1.29, 1.82) is 0 Å². The molecule has 0 atom stereocenters. The third-order valence-electron chi connectivity index (χ3n) is 2.43. The Hall–Kier alpha value is -1.38. The topological polar surface area (TPSA) is 80.0 Å². The Bertz CT molecular complexity index is 671. The number of nitrogens with zero attached hydrogens (tertiary/aromatic N) is 1. The number of halogens is 3. The molecule has 1 heterocycles. The molecule has 0 radical (unpaired) electrons. The Morgan fingerprint density at radius 3 is 2.90 bits per heavy atom. The van der Waals surface area contributed by atoms with Gasteiger partial charge in [0.25, 0.3) is 5.91 Å². The molecular formula is C12H11BrClFN4OS. The van der Waals surface area contributed by atoms with E-state index in [2.05, 4.69) is 31.5 Å². The predicted octanol–water partition coefficient (Wildman–Crippen LogP) is 3.96. The summed E-state index contributed by atoms with van der Waals surface area (Å²) in [7, 11) is 0. The molecule has 0 saturated carbocycles. The average Bonchev–Trinajstić information content (AvgIpc) is 2.75. The standard InChI is InChI=1S/C12H11BrClFN4OS/c1-2-17-12-19-10(16)9(21-12)11(20)18-8-6(13)3-5(15)4-7(8)14/h3-4H,2,16H2,1H3,(H,17,19)(H,18,20). The highest BCUT2D eigenvalue weighted by Gasteiger charge is 2.18. The number of nitrogens with two attached hydrogens (primary N) is 1. The fourth-order valence-electron chi connectivity index (χ4n) is 1.55. The number of hydrogen-bond acceptors (Lipinski definition) is 5. The second-order valence-corrected chi connectivity index (χ2v) is 6.22. The van der Waals surface area contributed by atoms with Crippen molar-refractivity contribution >= 4 is 61.4 Å². The zero-order chi connectivity index (χ0) is 15.6. The molecule has 112 valence electrons. The molecule has 1 aromatic heterocycles. The molecule has 0 aliphatic heterocycles. The molecular weight excluding hydrogens is 383 g/mol. The third kappa shape index (κ3) is 3.63. The lowest BCUT2D eigenvalue weighted by atomic mass is 10.3. The van der Waals surface area contributed by atoms with Gasteiger partial charge in [0.05, 0.1) is 10.7 Å². The van der Waals surface area contributed by atoms with Crippen LogP contribution in [-0.4, -0.2) is 17.4 Å². The maximum Gasteiger partial charge on any atom is 0.269 e. The fourth-order valence-corrected chi connectivity index (χ4v) is 3.30. The summed E-state index contributed by atoms with van der Waals surface area (Å²) in [5, 5.41) is 6.22. The molecule has 1 amide bonds. The number of aromatic nitrogens is 1. The minimum Gasteiger partial charge on any atom is -0.382 e.